The van der Waals surface area contributed by atoms with Crippen molar-refractivity contribution in [2.24, 2.45) is 5.92 Å². The second-order valence-corrected chi connectivity index (χ2v) is 6.20. The van der Waals surface area contributed by atoms with Crippen LogP contribution in [0.1, 0.15) is 5.69 Å². The van der Waals surface area contributed by atoms with Crippen LogP contribution < -0.4 is 10.5 Å². The number of hydrogen-bond donors (Lipinski definition) is 2. The molecule has 0 saturated carbocycles. The van der Waals surface area contributed by atoms with Gasteiger partial charge in [-0.15, -0.1) is 0 Å². The minimum atomic E-state index is -0.459. The van der Waals surface area contributed by atoms with Gasteiger partial charge in [0, 0.05) is 36.2 Å². The SMILES string of the molecule is O=c1cc(N2C[C@@H](Cc3ccc4ccccc4n3)[C@H](O)C2)nc[nH]1. The number of pyridine rings is 1. The summed E-state index contributed by atoms with van der Waals surface area (Å²) in [5, 5.41) is 11.5. The van der Waals surface area contributed by atoms with Crippen LogP contribution >= 0.6 is 0 Å². The molecule has 6 nitrogen and oxygen atoms in total. The number of β-amino-alcohol motifs (C(OH)–C–C–N with tert-alkyl or cyclic N) is 1. The van der Waals surface area contributed by atoms with Gasteiger partial charge in [-0.05, 0) is 18.6 Å². The first-order valence-electron chi connectivity index (χ1n) is 8.01. The molecule has 0 radical (unpaired) electrons. The lowest BCUT2D eigenvalue weighted by Crippen LogP contribution is -2.23. The lowest BCUT2D eigenvalue weighted by molar-refractivity contribution is 0.148. The van der Waals surface area contributed by atoms with Gasteiger partial charge in [0.15, 0.2) is 0 Å². The first-order valence-corrected chi connectivity index (χ1v) is 8.01. The molecule has 0 spiro atoms. The topological polar surface area (TPSA) is 82.1 Å². The molecule has 0 aliphatic carbocycles. The molecule has 2 atom stereocenters. The Balaban J connectivity index is 1.52. The molecule has 3 heterocycles. The molecule has 2 N–H and O–H groups in total. The molecule has 6 heteroatoms. The fourth-order valence-electron chi connectivity index (χ4n) is 3.26. The number of aromatic amines is 1. The summed E-state index contributed by atoms with van der Waals surface area (Å²) in [6, 6.07) is 13.6. The summed E-state index contributed by atoms with van der Waals surface area (Å²) in [5.41, 5.74) is 1.75. The van der Waals surface area contributed by atoms with Crippen molar-refractivity contribution in [2.45, 2.75) is 12.5 Å². The van der Waals surface area contributed by atoms with Crippen LogP contribution in [0.3, 0.4) is 0 Å². The van der Waals surface area contributed by atoms with Crippen LogP contribution in [-0.2, 0) is 6.42 Å². The third kappa shape index (κ3) is 2.88. The van der Waals surface area contributed by atoms with E-state index in [0.717, 1.165) is 16.6 Å². The summed E-state index contributed by atoms with van der Waals surface area (Å²) in [7, 11) is 0. The van der Waals surface area contributed by atoms with E-state index in [4.69, 9.17) is 0 Å². The third-order valence-electron chi connectivity index (χ3n) is 4.52. The standard InChI is InChI=1S/C18H18N4O2/c23-16-10-22(17-8-18(24)20-11-19-17)9-13(16)7-14-6-5-12-3-1-2-4-15(12)21-14/h1-6,8,11,13,16,23H,7,9-10H2,(H,19,20,24)/t13-,16-/m1/s1. The lowest BCUT2D eigenvalue weighted by atomic mass is 9.99. The fraction of sp³-hybridized carbons (Fsp3) is 0.278. The first-order chi connectivity index (χ1) is 11.7. The van der Waals surface area contributed by atoms with Gasteiger partial charge in [-0.2, -0.15) is 0 Å². The van der Waals surface area contributed by atoms with Crippen molar-refractivity contribution in [3.8, 4) is 0 Å². The first kappa shape index (κ1) is 14.8. The highest BCUT2D eigenvalue weighted by molar-refractivity contribution is 5.78. The van der Waals surface area contributed by atoms with Crippen LogP contribution in [0.25, 0.3) is 10.9 Å². The van der Waals surface area contributed by atoms with Gasteiger partial charge in [0.2, 0.25) is 0 Å². The summed E-state index contributed by atoms with van der Waals surface area (Å²) in [6.07, 6.45) is 1.63. The van der Waals surface area contributed by atoms with Gasteiger partial charge in [-0.1, -0.05) is 24.3 Å². The summed E-state index contributed by atoms with van der Waals surface area (Å²) < 4.78 is 0. The zero-order valence-corrected chi connectivity index (χ0v) is 13.1. The van der Waals surface area contributed by atoms with Gasteiger partial charge in [-0.3, -0.25) is 9.78 Å². The summed E-state index contributed by atoms with van der Waals surface area (Å²) in [5.74, 6) is 0.673. The predicted octanol–water partition coefficient (Wildman–Crippen LogP) is 1.36. The molecule has 1 aliphatic rings. The average Bonchev–Trinajstić information content (AvgIpc) is 2.96. The maximum Gasteiger partial charge on any atom is 0.252 e. The number of nitrogens with zero attached hydrogens (tertiary/aromatic N) is 3. The monoisotopic (exact) mass is 322 g/mol. The van der Waals surface area contributed by atoms with Crippen molar-refractivity contribution in [3.05, 3.63) is 64.8 Å². The quantitative estimate of drug-likeness (QED) is 0.761. The Bertz CT molecular complexity index is 924. The molecule has 1 saturated heterocycles. The maximum atomic E-state index is 11.4. The molecular weight excluding hydrogens is 304 g/mol. The average molecular weight is 322 g/mol. The van der Waals surface area contributed by atoms with Crippen molar-refractivity contribution in [3.63, 3.8) is 0 Å². The minimum absolute atomic E-state index is 0.0692. The smallest absolute Gasteiger partial charge is 0.252 e. The molecule has 0 unspecified atom stereocenters. The number of aliphatic hydroxyl groups is 1. The van der Waals surface area contributed by atoms with E-state index in [1.807, 2.05) is 35.2 Å². The van der Waals surface area contributed by atoms with Gasteiger partial charge in [0.25, 0.3) is 5.56 Å². The summed E-state index contributed by atoms with van der Waals surface area (Å²) in [6.45, 7) is 1.14. The number of H-pyrrole nitrogens is 1. The second kappa shape index (κ2) is 6.05. The number of fused-ring (bicyclic) bond motifs is 1. The van der Waals surface area contributed by atoms with Crippen LogP contribution in [0.4, 0.5) is 5.82 Å². The minimum Gasteiger partial charge on any atom is -0.391 e. The highest BCUT2D eigenvalue weighted by atomic mass is 16.3. The highest BCUT2D eigenvalue weighted by Gasteiger charge is 2.32. The van der Waals surface area contributed by atoms with E-state index in [-0.39, 0.29) is 11.5 Å². The van der Waals surface area contributed by atoms with Crippen LogP contribution in [0, 0.1) is 5.92 Å². The largest absolute Gasteiger partial charge is 0.391 e. The number of anilines is 1. The van der Waals surface area contributed by atoms with Crippen molar-refractivity contribution in [2.75, 3.05) is 18.0 Å². The van der Waals surface area contributed by atoms with Crippen molar-refractivity contribution in [1.82, 2.24) is 15.0 Å². The second-order valence-electron chi connectivity index (χ2n) is 6.20. The van der Waals surface area contributed by atoms with E-state index in [0.29, 0.717) is 25.3 Å². The van der Waals surface area contributed by atoms with Gasteiger partial charge < -0.3 is 15.0 Å². The van der Waals surface area contributed by atoms with Crippen LogP contribution in [-0.4, -0.2) is 39.3 Å². The van der Waals surface area contributed by atoms with Gasteiger partial charge in [0.05, 0.1) is 17.9 Å². The Morgan fingerprint density at radius 3 is 2.96 bits per heavy atom. The Morgan fingerprint density at radius 2 is 2.08 bits per heavy atom. The fourth-order valence-corrected chi connectivity index (χ4v) is 3.26. The van der Waals surface area contributed by atoms with Crippen molar-refractivity contribution in [1.29, 1.82) is 0 Å². The van der Waals surface area contributed by atoms with E-state index in [2.05, 4.69) is 21.0 Å². The van der Waals surface area contributed by atoms with E-state index in [9.17, 15) is 9.90 Å². The number of rotatable bonds is 3. The maximum absolute atomic E-state index is 11.4. The van der Waals surface area contributed by atoms with Gasteiger partial charge >= 0.3 is 0 Å². The van der Waals surface area contributed by atoms with E-state index >= 15 is 0 Å². The molecule has 1 aromatic carbocycles. The van der Waals surface area contributed by atoms with Crippen molar-refractivity contribution < 1.29 is 5.11 Å². The van der Waals surface area contributed by atoms with E-state index in [1.54, 1.807) is 0 Å². The zero-order valence-electron chi connectivity index (χ0n) is 13.1. The van der Waals surface area contributed by atoms with Crippen LogP contribution in [0.2, 0.25) is 0 Å². The lowest BCUT2D eigenvalue weighted by Gasteiger charge is -2.16. The molecule has 3 aromatic rings. The Kier molecular flexibility index (Phi) is 3.74. The molecule has 0 bridgehead atoms. The number of nitrogens with one attached hydrogen (secondary N) is 1. The Morgan fingerprint density at radius 1 is 1.21 bits per heavy atom. The summed E-state index contributed by atoms with van der Waals surface area (Å²) in [4.78, 5) is 24.8. The van der Waals surface area contributed by atoms with Crippen molar-refractivity contribution >= 4 is 16.7 Å². The van der Waals surface area contributed by atoms with Crippen LogP contribution in [0.15, 0.2) is 53.6 Å². The third-order valence-corrected chi connectivity index (χ3v) is 4.52. The molecule has 1 fully saturated rings. The normalized spacial score (nSPS) is 20.6. The molecule has 24 heavy (non-hydrogen) atoms. The predicted molar refractivity (Wildman–Crippen MR) is 92.0 cm³/mol. The number of hydrogen-bond acceptors (Lipinski definition) is 5. The molecular formula is C18H18N4O2. The molecule has 1 aliphatic heterocycles. The molecule has 122 valence electrons. The number of aliphatic hydroxyl groups excluding tert-OH is 1. The van der Waals surface area contributed by atoms with E-state index in [1.165, 1.54) is 12.4 Å². The highest BCUT2D eigenvalue weighted by Crippen LogP contribution is 2.25. The molecule has 2 aromatic heterocycles. The number of para-hydroxylation sites is 1. The van der Waals surface area contributed by atoms with E-state index < -0.39 is 6.10 Å². The molecule has 4 rings (SSSR count). The zero-order chi connectivity index (χ0) is 16.5. The summed E-state index contributed by atoms with van der Waals surface area (Å²) >= 11 is 0. The van der Waals surface area contributed by atoms with Gasteiger partial charge in [0.1, 0.15) is 5.82 Å². The Labute approximate surface area is 138 Å². The number of aromatic nitrogens is 3. The Hall–Kier alpha value is -2.73. The van der Waals surface area contributed by atoms with Gasteiger partial charge in [-0.25, -0.2) is 4.98 Å². The van der Waals surface area contributed by atoms with Crippen LogP contribution in [0.5, 0.6) is 0 Å². The molecule has 0 amide bonds. The number of benzene rings is 1.